The van der Waals surface area contributed by atoms with Crippen molar-refractivity contribution in [3.8, 4) is 0 Å². The number of nitrogens with zero attached hydrogens (tertiary/aromatic N) is 4. The van der Waals surface area contributed by atoms with Crippen molar-refractivity contribution in [1.29, 1.82) is 0 Å². The lowest BCUT2D eigenvalue weighted by atomic mass is 10.2. The number of thiazole rings is 1. The van der Waals surface area contributed by atoms with Crippen LogP contribution in [0, 0.1) is 11.7 Å². The fourth-order valence-corrected chi connectivity index (χ4v) is 3.89. The highest BCUT2D eigenvalue weighted by atomic mass is 32.2. The first-order valence-electron chi connectivity index (χ1n) is 9.21. The summed E-state index contributed by atoms with van der Waals surface area (Å²) in [6.07, 6.45) is 1.62. The maximum Gasteiger partial charge on any atom is 0.254 e. The molecule has 3 rings (SSSR count). The molecule has 0 saturated heterocycles. The van der Waals surface area contributed by atoms with Crippen LogP contribution in [0.25, 0.3) is 0 Å². The predicted molar refractivity (Wildman–Crippen MR) is 114 cm³/mol. The Labute approximate surface area is 181 Å². The normalized spacial score (nSPS) is 10.9. The van der Waals surface area contributed by atoms with Gasteiger partial charge >= 0.3 is 0 Å². The van der Waals surface area contributed by atoms with E-state index in [1.54, 1.807) is 17.6 Å². The number of hydrogen-bond acceptors (Lipinski definition) is 7. The predicted octanol–water partition coefficient (Wildman–Crippen LogP) is 3.19. The van der Waals surface area contributed by atoms with Gasteiger partial charge in [0.25, 0.3) is 5.91 Å². The molecule has 0 spiro atoms. The van der Waals surface area contributed by atoms with Crippen LogP contribution in [0.3, 0.4) is 0 Å². The number of carbonyl (C=O) groups is 2. The molecule has 11 heteroatoms. The van der Waals surface area contributed by atoms with Crippen LogP contribution in [-0.4, -0.2) is 37.3 Å². The van der Waals surface area contributed by atoms with Gasteiger partial charge in [-0.05, 0) is 18.1 Å². The Bertz CT molecular complexity index is 1010. The average molecular weight is 449 g/mol. The molecule has 3 aromatic rings. The van der Waals surface area contributed by atoms with Crippen LogP contribution in [0.1, 0.15) is 30.0 Å². The van der Waals surface area contributed by atoms with E-state index in [4.69, 9.17) is 0 Å². The lowest BCUT2D eigenvalue weighted by Crippen LogP contribution is -2.26. The van der Waals surface area contributed by atoms with E-state index in [0.29, 0.717) is 28.6 Å². The van der Waals surface area contributed by atoms with Crippen LogP contribution >= 0.6 is 23.1 Å². The van der Waals surface area contributed by atoms with E-state index in [2.05, 4.69) is 25.8 Å². The molecule has 0 atom stereocenters. The van der Waals surface area contributed by atoms with Gasteiger partial charge in [0.2, 0.25) is 5.91 Å². The lowest BCUT2D eigenvalue weighted by molar-refractivity contribution is -0.113. The van der Waals surface area contributed by atoms with Crippen molar-refractivity contribution in [2.75, 3.05) is 11.1 Å². The number of rotatable bonds is 9. The van der Waals surface area contributed by atoms with Crippen molar-refractivity contribution >= 4 is 40.0 Å². The molecule has 2 amide bonds. The van der Waals surface area contributed by atoms with Crippen molar-refractivity contribution < 1.29 is 14.0 Å². The summed E-state index contributed by atoms with van der Waals surface area (Å²) in [5.41, 5.74) is -0.0270. The minimum absolute atomic E-state index is 0.0270. The Kier molecular flexibility index (Phi) is 7.52. The van der Waals surface area contributed by atoms with E-state index in [0.717, 1.165) is 0 Å². The number of carbonyl (C=O) groups excluding carboxylic acids is 2. The first kappa shape index (κ1) is 21.9. The number of hydrogen-bond donors (Lipinski definition) is 2. The Hall–Kier alpha value is -2.79. The zero-order valence-corrected chi connectivity index (χ0v) is 18.1. The maximum atomic E-state index is 13.8. The number of thioether (sulfide) groups is 1. The minimum Gasteiger partial charge on any atom is -0.345 e. The number of nitrogens with one attached hydrogen (secondary N) is 2. The number of halogens is 1. The lowest BCUT2D eigenvalue weighted by Gasteiger charge is -2.13. The van der Waals surface area contributed by atoms with Gasteiger partial charge in [-0.3, -0.25) is 9.59 Å². The molecule has 30 heavy (non-hydrogen) atoms. The summed E-state index contributed by atoms with van der Waals surface area (Å²) in [7, 11) is 0. The molecule has 0 aliphatic carbocycles. The highest BCUT2D eigenvalue weighted by Gasteiger charge is 2.17. The second-order valence-electron chi connectivity index (χ2n) is 6.74. The third-order valence-electron chi connectivity index (χ3n) is 3.88. The summed E-state index contributed by atoms with van der Waals surface area (Å²) in [4.78, 5) is 28.4. The highest BCUT2D eigenvalue weighted by Crippen LogP contribution is 2.20. The molecule has 0 fully saturated rings. The number of aromatic nitrogens is 4. The summed E-state index contributed by atoms with van der Waals surface area (Å²) < 4.78 is 15.7. The molecule has 0 radical (unpaired) electrons. The molecule has 2 heterocycles. The molecule has 0 bridgehead atoms. The molecule has 0 aliphatic heterocycles. The van der Waals surface area contributed by atoms with Crippen LogP contribution in [0.2, 0.25) is 0 Å². The molecule has 0 aliphatic rings. The van der Waals surface area contributed by atoms with Crippen molar-refractivity contribution in [3.05, 3.63) is 53.0 Å². The van der Waals surface area contributed by atoms with Crippen LogP contribution in [-0.2, 0) is 17.9 Å². The fourth-order valence-electron chi connectivity index (χ4n) is 2.58. The second-order valence-corrected chi connectivity index (χ2v) is 8.58. The third-order valence-corrected chi connectivity index (χ3v) is 5.53. The highest BCUT2D eigenvalue weighted by molar-refractivity contribution is 7.99. The Morgan fingerprint density at radius 2 is 2.07 bits per heavy atom. The molecular weight excluding hydrogens is 427 g/mol. The van der Waals surface area contributed by atoms with Gasteiger partial charge in [0.1, 0.15) is 5.82 Å². The van der Waals surface area contributed by atoms with Gasteiger partial charge in [0.15, 0.2) is 16.1 Å². The Morgan fingerprint density at radius 1 is 1.27 bits per heavy atom. The average Bonchev–Trinajstić information content (AvgIpc) is 3.34. The SMILES string of the molecule is CC(C)Cn1c(CNC(=O)c2ccccc2F)nnc1SCC(=O)Nc1nccs1. The monoisotopic (exact) mass is 448 g/mol. The topological polar surface area (TPSA) is 102 Å². The van der Waals surface area contributed by atoms with E-state index in [9.17, 15) is 14.0 Å². The molecule has 1 aromatic carbocycles. The molecular formula is C19H21FN6O2S2. The standard InChI is InChI=1S/C19H21FN6O2S2/c1-12(2)10-26-15(9-22-17(28)13-5-3-4-6-14(13)20)24-25-19(26)30-11-16(27)23-18-21-7-8-29-18/h3-8,12H,9-11H2,1-2H3,(H,22,28)(H,21,23,27). The minimum atomic E-state index is -0.582. The van der Waals surface area contributed by atoms with Crippen molar-refractivity contribution in [2.45, 2.75) is 32.1 Å². The van der Waals surface area contributed by atoms with Crippen molar-refractivity contribution in [1.82, 2.24) is 25.1 Å². The van der Waals surface area contributed by atoms with Gasteiger partial charge in [-0.1, -0.05) is 37.7 Å². The smallest absolute Gasteiger partial charge is 0.254 e. The Morgan fingerprint density at radius 3 is 2.77 bits per heavy atom. The van der Waals surface area contributed by atoms with Crippen LogP contribution in [0.15, 0.2) is 41.0 Å². The summed E-state index contributed by atoms with van der Waals surface area (Å²) in [6, 6.07) is 5.79. The van der Waals surface area contributed by atoms with Crippen molar-refractivity contribution in [3.63, 3.8) is 0 Å². The molecule has 158 valence electrons. The van der Waals surface area contributed by atoms with Crippen LogP contribution in [0.5, 0.6) is 0 Å². The number of amides is 2. The largest absolute Gasteiger partial charge is 0.345 e. The van der Waals surface area contributed by atoms with E-state index in [1.807, 2.05) is 18.4 Å². The summed E-state index contributed by atoms with van der Waals surface area (Å²) in [5, 5.41) is 16.6. The van der Waals surface area contributed by atoms with Gasteiger partial charge in [0.05, 0.1) is 17.9 Å². The molecule has 0 saturated carbocycles. The van der Waals surface area contributed by atoms with Gasteiger partial charge in [0, 0.05) is 18.1 Å². The first-order chi connectivity index (χ1) is 14.4. The zero-order valence-electron chi connectivity index (χ0n) is 16.5. The number of benzene rings is 1. The van der Waals surface area contributed by atoms with Gasteiger partial charge in [-0.15, -0.1) is 21.5 Å². The van der Waals surface area contributed by atoms with E-state index in [1.165, 1.54) is 41.3 Å². The van der Waals surface area contributed by atoms with Gasteiger partial charge in [-0.25, -0.2) is 9.37 Å². The van der Waals surface area contributed by atoms with E-state index >= 15 is 0 Å². The summed E-state index contributed by atoms with van der Waals surface area (Å²) in [5.74, 6) is -0.312. The molecule has 0 unspecified atom stereocenters. The molecule has 2 aromatic heterocycles. The first-order valence-corrected chi connectivity index (χ1v) is 11.1. The fraction of sp³-hybridized carbons (Fsp3) is 0.316. The van der Waals surface area contributed by atoms with Gasteiger partial charge < -0.3 is 15.2 Å². The van der Waals surface area contributed by atoms with Crippen LogP contribution < -0.4 is 10.6 Å². The maximum absolute atomic E-state index is 13.8. The van der Waals surface area contributed by atoms with E-state index in [-0.39, 0.29) is 23.8 Å². The summed E-state index contributed by atoms with van der Waals surface area (Å²) in [6.45, 7) is 4.81. The molecule has 2 N–H and O–H groups in total. The molecule has 8 nitrogen and oxygen atoms in total. The van der Waals surface area contributed by atoms with E-state index < -0.39 is 11.7 Å². The Balaban J connectivity index is 1.64. The summed E-state index contributed by atoms with van der Waals surface area (Å²) >= 11 is 2.60. The number of anilines is 1. The quantitative estimate of drug-likeness (QED) is 0.488. The third kappa shape index (κ3) is 5.86. The second kappa shape index (κ2) is 10.3. The van der Waals surface area contributed by atoms with Crippen LogP contribution in [0.4, 0.5) is 9.52 Å². The zero-order chi connectivity index (χ0) is 21.5. The van der Waals surface area contributed by atoms with Gasteiger partial charge in [-0.2, -0.15) is 0 Å². The van der Waals surface area contributed by atoms with Crippen molar-refractivity contribution in [2.24, 2.45) is 5.92 Å².